The summed E-state index contributed by atoms with van der Waals surface area (Å²) in [5, 5.41) is 0. The first-order valence-electron chi connectivity index (χ1n) is 8.14. The molecule has 13 nitrogen and oxygen atoms in total. The van der Waals surface area contributed by atoms with E-state index >= 15 is 0 Å². The first kappa shape index (κ1) is 28.8. The fraction of sp³-hybridized carbons (Fsp3) is 0.294. The van der Waals surface area contributed by atoms with Crippen LogP contribution in [0.3, 0.4) is 0 Å². The van der Waals surface area contributed by atoms with Gasteiger partial charge in [0, 0.05) is 81.2 Å². The summed E-state index contributed by atoms with van der Waals surface area (Å²) in [6, 6.07) is 0. The predicted molar refractivity (Wildman–Crippen MR) is 109 cm³/mol. The van der Waals surface area contributed by atoms with Gasteiger partial charge in [0.25, 0.3) is 0 Å². The molecule has 4 heterocycles. The van der Waals surface area contributed by atoms with E-state index in [0.29, 0.717) is 0 Å². The summed E-state index contributed by atoms with van der Waals surface area (Å²) in [5.74, 6) is 0. The molecule has 4 rings (SSSR count). The third-order valence-corrected chi connectivity index (χ3v) is 4.31. The van der Waals surface area contributed by atoms with Gasteiger partial charge in [0.15, 0.2) is 0 Å². The van der Waals surface area contributed by atoms with Crippen molar-refractivity contribution in [1.29, 1.82) is 0 Å². The Hall–Kier alpha value is -3.36. The Balaban J connectivity index is 0. The average Bonchev–Trinajstić information content (AvgIpc) is 3.37. The van der Waals surface area contributed by atoms with Crippen molar-refractivity contribution in [2.75, 3.05) is 0 Å². The number of rotatable bonds is 8. The Morgan fingerprint density at radius 2 is 0.667 bits per heavy atom. The lowest BCUT2D eigenvalue weighted by molar-refractivity contribution is 0.135. The lowest BCUT2D eigenvalue weighted by Crippen LogP contribution is -2.39. The minimum atomic E-state index is -0.108. The molecule has 0 aliphatic heterocycles. The molecule has 4 aromatic rings. The molecule has 0 aliphatic carbocycles. The minimum absolute atomic E-state index is 0. The van der Waals surface area contributed by atoms with Crippen LogP contribution >= 0.6 is 0 Å². The molecule has 0 saturated carbocycles. The number of imidazole rings is 4. The quantitative estimate of drug-likeness (QED) is 0.295. The van der Waals surface area contributed by atoms with E-state index in [9.17, 15) is 0 Å². The Bertz CT molecular complexity index is 713. The predicted octanol–water partition coefficient (Wildman–Crippen LogP) is -2.56. The van der Waals surface area contributed by atoms with Crippen molar-refractivity contribution in [2.24, 2.45) is 5.41 Å². The molecule has 4 aromatic heterocycles. The van der Waals surface area contributed by atoms with Crippen LogP contribution in [0, 0.1) is 5.41 Å². The maximum absolute atomic E-state index is 4.20. The fourth-order valence-corrected chi connectivity index (χ4v) is 3.37. The van der Waals surface area contributed by atoms with E-state index in [1.165, 1.54) is 0 Å². The summed E-state index contributed by atoms with van der Waals surface area (Å²) in [6.07, 6.45) is 22.7. The van der Waals surface area contributed by atoms with Gasteiger partial charge < -0.3 is 45.6 Å². The SMILES string of the molecule is O.O.O.O.O.c1cn(CC(Cn2ccnc2)(Cn2ccnc2)Cn2ccnc2)cn1. The monoisotopic (exact) mass is 426 g/mol. The molecule has 0 saturated heterocycles. The highest BCUT2D eigenvalue weighted by atomic mass is 16.0. The maximum Gasteiger partial charge on any atom is 0.0946 e. The van der Waals surface area contributed by atoms with Crippen molar-refractivity contribution in [3.8, 4) is 0 Å². The van der Waals surface area contributed by atoms with E-state index in [0.717, 1.165) is 26.2 Å². The molecule has 0 spiro atoms. The van der Waals surface area contributed by atoms with Crippen LogP contribution in [0.25, 0.3) is 0 Å². The first-order valence-corrected chi connectivity index (χ1v) is 8.14. The standard InChI is InChI=1S/C17H20N8.5H2O/c1-5-22(13-18-1)9-17(10-23-6-2-19-14-23,11-24-7-3-20-15-24)12-25-8-4-21-16-25;;;;;/h1-8,13-16H,9-12H2;5*1H2. The van der Waals surface area contributed by atoms with Crippen molar-refractivity contribution in [1.82, 2.24) is 38.2 Å². The molecule has 0 aliphatic rings. The number of hydrogen-bond acceptors (Lipinski definition) is 4. The summed E-state index contributed by atoms with van der Waals surface area (Å²) in [5.41, 5.74) is -0.108. The highest BCUT2D eigenvalue weighted by Crippen LogP contribution is 2.28. The zero-order valence-corrected chi connectivity index (χ0v) is 16.3. The van der Waals surface area contributed by atoms with Crippen LogP contribution in [-0.4, -0.2) is 65.6 Å². The van der Waals surface area contributed by atoms with E-state index in [1.807, 2.05) is 74.9 Å². The Kier molecular flexibility index (Phi) is 12.5. The van der Waals surface area contributed by atoms with Gasteiger partial charge in [-0.1, -0.05) is 0 Å². The van der Waals surface area contributed by atoms with Crippen molar-refractivity contribution in [3.63, 3.8) is 0 Å². The van der Waals surface area contributed by atoms with Gasteiger partial charge in [-0.05, 0) is 0 Å². The molecule has 0 atom stereocenters. The highest BCUT2D eigenvalue weighted by Gasteiger charge is 2.32. The average molecular weight is 426 g/mol. The van der Waals surface area contributed by atoms with E-state index in [2.05, 4.69) is 38.2 Å². The van der Waals surface area contributed by atoms with Gasteiger partial charge in [-0.2, -0.15) is 0 Å². The van der Waals surface area contributed by atoms with Gasteiger partial charge >= 0.3 is 0 Å². The second kappa shape index (κ2) is 13.0. The first-order chi connectivity index (χ1) is 12.3. The Labute approximate surface area is 172 Å². The van der Waals surface area contributed by atoms with Crippen molar-refractivity contribution < 1.29 is 27.4 Å². The number of nitrogens with zero attached hydrogens (tertiary/aromatic N) is 8. The van der Waals surface area contributed by atoms with Gasteiger partial charge in [-0.25, -0.2) is 19.9 Å². The lowest BCUT2D eigenvalue weighted by atomic mass is 9.86. The van der Waals surface area contributed by atoms with E-state index in [4.69, 9.17) is 0 Å². The molecule has 10 N–H and O–H groups in total. The molecule has 0 amide bonds. The van der Waals surface area contributed by atoms with E-state index < -0.39 is 0 Å². The number of hydrogen-bond donors (Lipinski definition) is 0. The van der Waals surface area contributed by atoms with Crippen LogP contribution in [-0.2, 0) is 26.2 Å². The smallest absolute Gasteiger partial charge is 0.0946 e. The molecule has 168 valence electrons. The minimum Gasteiger partial charge on any atom is -0.412 e. The molecule has 0 bridgehead atoms. The van der Waals surface area contributed by atoms with Crippen molar-refractivity contribution in [3.05, 3.63) is 74.9 Å². The summed E-state index contributed by atoms with van der Waals surface area (Å²) < 4.78 is 8.52. The molecule has 0 unspecified atom stereocenters. The van der Waals surface area contributed by atoms with Crippen molar-refractivity contribution >= 4 is 0 Å². The van der Waals surface area contributed by atoms with Crippen LogP contribution in [0.2, 0.25) is 0 Å². The molecule has 13 heteroatoms. The second-order valence-corrected chi connectivity index (χ2v) is 6.44. The molecule has 0 radical (unpaired) electrons. The summed E-state index contributed by atoms with van der Waals surface area (Å²) in [7, 11) is 0. The van der Waals surface area contributed by atoms with Gasteiger partial charge in [-0.3, -0.25) is 0 Å². The van der Waals surface area contributed by atoms with Crippen LogP contribution < -0.4 is 0 Å². The van der Waals surface area contributed by atoms with Crippen LogP contribution in [0.15, 0.2) is 74.9 Å². The second-order valence-electron chi connectivity index (χ2n) is 6.44. The van der Waals surface area contributed by atoms with Crippen LogP contribution in [0.5, 0.6) is 0 Å². The largest absolute Gasteiger partial charge is 0.412 e. The summed E-state index contributed by atoms with van der Waals surface area (Å²) in [4.78, 5) is 16.8. The lowest BCUT2D eigenvalue weighted by Gasteiger charge is -2.35. The zero-order chi connectivity index (χ0) is 17.0. The van der Waals surface area contributed by atoms with Gasteiger partial charge in [0.1, 0.15) is 0 Å². The Morgan fingerprint density at radius 3 is 0.833 bits per heavy atom. The maximum atomic E-state index is 4.20. The Morgan fingerprint density at radius 1 is 0.433 bits per heavy atom. The molecule has 30 heavy (non-hydrogen) atoms. The van der Waals surface area contributed by atoms with E-state index in [-0.39, 0.29) is 32.8 Å². The van der Waals surface area contributed by atoms with Crippen molar-refractivity contribution in [2.45, 2.75) is 26.2 Å². The normalized spacial score (nSPS) is 9.87. The highest BCUT2D eigenvalue weighted by molar-refractivity contribution is 4.91. The van der Waals surface area contributed by atoms with Crippen LogP contribution in [0.1, 0.15) is 0 Å². The molecular weight excluding hydrogens is 396 g/mol. The fourth-order valence-electron chi connectivity index (χ4n) is 3.37. The zero-order valence-electron chi connectivity index (χ0n) is 16.3. The van der Waals surface area contributed by atoms with Gasteiger partial charge in [0.2, 0.25) is 0 Å². The molecule has 0 aromatic carbocycles. The van der Waals surface area contributed by atoms with Gasteiger partial charge in [-0.15, -0.1) is 0 Å². The topological polar surface area (TPSA) is 229 Å². The third kappa shape index (κ3) is 6.91. The van der Waals surface area contributed by atoms with Gasteiger partial charge in [0.05, 0.1) is 25.3 Å². The third-order valence-electron chi connectivity index (χ3n) is 4.31. The summed E-state index contributed by atoms with van der Waals surface area (Å²) in [6.45, 7) is 3.28. The molecular formula is C17H30N8O5. The summed E-state index contributed by atoms with van der Waals surface area (Å²) >= 11 is 0. The number of aromatic nitrogens is 8. The van der Waals surface area contributed by atoms with E-state index in [1.54, 1.807) is 0 Å². The molecule has 0 fully saturated rings. The van der Waals surface area contributed by atoms with Crippen LogP contribution in [0.4, 0.5) is 0 Å².